The lowest BCUT2D eigenvalue weighted by Crippen LogP contribution is -2.53. The van der Waals surface area contributed by atoms with E-state index >= 15 is 0 Å². The van der Waals surface area contributed by atoms with Crippen LogP contribution in [0.1, 0.15) is 20.3 Å². The molecule has 0 aromatic heterocycles. The van der Waals surface area contributed by atoms with Gasteiger partial charge in [-0.1, -0.05) is 32.0 Å². The zero-order valence-corrected chi connectivity index (χ0v) is 14.6. The third-order valence-corrected chi connectivity index (χ3v) is 4.47. The summed E-state index contributed by atoms with van der Waals surface area (Å²) in [6.45, 7) is 4.10. The number of rotatable bonds is 7. The lowest BCUT2D eigenvalue weighted by Gasteiger charge is -2.32. The number of amides is 1. The van der Waals surface area contributed by atoms with Crippen molar-refractivity contribution in [1.82, 2.24) is 10.2 Å². The molecule has 24 heavy (non-hydrogen) atoms. The first-order valence-electron chi connectivity index (χ1n) is 8.45. The van der Waals surface area contributed by atoms with Crippen molar-refractivity contribution in [3.63, 3.8) is 0 Å². The van der Waals surface area contributed by atoms with Crippen LogP contribution in [0.4, 0.5) is 0 Å². The molecule has 4 atom stereocenters. The SMILES string of the molecule is CC(C)C(=O)N[C@@H]1C[C@@H](Oc2ccccc2)[C@H](O)[C@H]1N(C)CCO. The van der Waals surface area contributed by atoms with Gasteiger partial charge in [-0.25, -0.2) is 0 Å². The van der Waals surface area contributed by atoms with E-state index in [0.29, 0.717) is 18.7 Å². The molecular weight excluding hydrogens is 308 g/mol. The summed E-state index contributed by atoms with van der Waals surface area (Å²) in [5.74, 6) is 0.524. The molecule has 1 aliphatic carbocycles. The highest BCUT2D eigenvalue weighted by atomic mass is 16.5. The maximum absolute atomic E-state index is 12.1. The average molecular weight is 336 g/mol. The number of para-hydroxylation sites is 1. The van der Waals surface area contributed by atoms with Crippen molar-refractivity contribution < 1.29 is 19.7 Å². The lowest BCUT2D eigenvalue weighted by molar-refractivity contribution is -0.125. The minimum atomic E-state index is -0.751. The molecule has 1 saturated carbocycles. The second kappa shape index (κ2) is 8.46. The number of nitrogens with zero attached hydrogens (tertiary/aromatic N) is 1. The molecule has 1 aromatic rings. The lowest BCUT2D eigenvalue weighted by atomic mass is 10.1. The van der Waals surface area contributed by atoms with Crippen molar-refractivity contribution in [2.75, 3.05) is 20.2 Å². The number of hydrogen-bond acceptors (Lipinski definition) is 5. The van der Waals surface area contributed by atoms with Gasteiger partial charge >= 0.3 is 0 Å². The first-order valence-corrected chi connectivity index (χ1v) is 8.45. The fraction of sp³-hybridized carbons (Fsp3) is 0.611. The Balaban J connectivity index is 2.13. The van der Waals surface area contributed by atoms with Crippen LogP contribution in [0, 0.1) is 5.92 Å². The van der Waals surface area contributed by atoms with Gasteiger partial charge in [-0.2, -0.15) is 0 Å². The average Bonchev–Trinajstić information content (AvgIpc) is 2.84. The molecule has 6 heteroatoms. The number of ether oxygens (including phenoxy) is 1. The molecule has 1 aliphatic rings. The van der Waals surface area contributed by atoms with E-state index in [0.717, 1.165) is 0 Å². The summed E-state index contributed by atoms with van der Waals surface area (Å²) >= 11 is 0. The van der Waals surface area contributed by atoms with Gasteiger partial charge in [-0.05, 0) is 19.2 Å². The maximum atomic E-state index is 12.1. The minimum absolute atomic E-state index is 0.00518. The highest BCUT2D eigenvalue weighted by Crippen LogP contribution is 2.29. The summed E-state index contributed by atoms with van der Waals surface area (Å²) in [6.07, 6.45) is -0.634. The van der Waals surface area contributed by atoms with E-state index in [2.05, 4.69) is 5.32 Å². The molecule has 0 radical (unpaired) electrons. The van der Waals surface area contributed by atoms with Crippen molar-refractivity contribution in [3.8, 4) is 5.75 Å². The monoisotopic (exact) mass is 336 g/mol. The standard InChI is InChI=1S/C18H28N2O4/c1-12(2)18(23)19-14-11-15(24-13-7-5-4-6-8-13)17(22)16(14)20(3)9-10-21/h4-8,12,14-17,21-22H,9-11H2,1-3H3,(H,19,23)/t14-,15-,16+,17+/m1/s1. The molecule has 1 aromatic carbocycles. The van der Waals surface area contributed by atoms with Gasteiger partial charge < -0.3 is 20.3 Å². The molecule has 3 N–H and O–H groups in total. The summed E-state index contributed by atoms with van der Waals surface area (Å²) in [7, 11) is 1.84. The first-order chi connectivity index (χ1) is 11.4. The summed E-state index contributed by atoms with van der Waals surface area (Å²) in [5.41, 5.74) is 0. The fourth-order valence-corrected chi connectivity index (χ4v) is 3.15. The molecule has 0 heterocycles. The van der Waals surface area contributed by atoms with Crippen molar-refractivity contribution in [2.45, 2.75) is 44.6 Å². The van der Waals surface area contributed by atoms with Gasteiger partial charge in [0.25, 0.3) is 0 Å². The van der Waals surface area contributed by atoms with Crippen LogP contribution in [0.2, 0.25) is 0 Å². The Labute approximate surface area is 143 Å². The molecule has 134 valence electrons. The maximum Gasteiger partial charge on any atom is 0.222 e. The summed E-state index contributed by atoms with van der Waals surface area (Å²) in [5, 5.41) is 22.9. The Bertz CT molecular complexity index is 523. The summed E-state index contributed by atoms with van der Waals surface area (Å²) in [6, 6.07) is 8.84. The van der Waals surface area contributed by atoms with E-state index in [9.17, 15) is 15.0 Å². The quantitative estimate of drug-likeness (QED) is 0.680. The second-order valence-corrected chi connectivity index (χ2v) is 6.66. The third-order valence-electron chi connectivity index (χ3n) is 4.47. The number of carbonyl (C=O) groups excluding carboxylic acids is 1. The molecule has 1 amide bonds. The minimum Gasteiger partial charge on any atom is -0.488 e. The fourth-order valence-electron chi connectivity index (χ4n) is 3.15. The highest BCUT2D eigenvalue weighted by Gasteiger charge is 2.46. The normalized spacial score (nSPS) is 26.8. The zero-order valence-electron chi connectivity index (χ0n) is 14.6. The predicted octanol–water partition coefficient (Wildman–Crippen LogP) is 0.632. The topological polar surface area (TPSA) is 82.0 Å². The van der Waals surface area contributed by atoms with E-state index in [1.165, 1.54) is 0 Å². The Kier molecular flexibility index (Phi) is 6.60. The van der Waals surface area contributed by atoms with Crippen molar-refractivity contribution >= 4 is 5.91 Å². The van der Waals surface area contributed by atoms with Gasteiger partial charge in [0.1, 0.15) is 18.0 Å². The van der Waals surface area contributed by atoms with Crippen LogP contribution in [-0.2, 0) is 4.79 Å². The molecular formula is C18H28N2O4. The van der Waals surface area contributed by atoms with Gasteiger partial charge in [0, 0.05) is 18.9 Å². The number of aliphatic hydroxyl groups excluding tert-OH is 2. The van der Waals surface area contributed by atoms with Crippen LogP contribution in [0.3, 0.4) is 0 Å². The first kappa shape index (κ1) is 18.7. The Morgan fingerprint density at radius 2 is 2.04 bits per heavy atom. The molecule has 0 saturated heterocycles. The van der Waals surface area contributed by atoms with E-state index in [1.54, 1.807) is 0 Å². The Hall–Kier alpha value is -1.63. The van der Waals surface area contributed by atoms with Gasteiger partial charge in [0.2, 0.25) is 5.91 Å². The highest BCUT2D eigenvalue weighted by molar-refractivity contribution is 5.78. The Morgan fingerprint density at radius 1 is 1.38 bits per heavy atom. The van der Waals surface area contributed by atoms with Crippen molar-refractivity contribution in [1.29, 1.82) is 0 Å². The van der Waals surface area contributed by atoms with Gasteiger partial charge in [0.15, 0.2) is 0 Å². The van der Waals surface area contributed by atoms with E-state index in [-0.39, 0.29) is 30.5 Å². The second-order valence-electron chi connectivity index (χ2n) is 6.66. The Morgan fingerprint density at radius 3 is 2.62 bits per heavy atom. The molecule has 0 spiro atoms. The molecule has 1 fully saturated rings. The van der Waals surface area contributed by atoms with Crippen LogP contribution in [-0.4, -0.2) is 65.5 Å². The van der Waals surface area contributed by atoms with Crippen molar-refractivity contribution in [3.05, 3.63) is 30.3 Å². The van der Waals surface area contributed by atoms with Crippen LogP contribution in [0.25, 0.3) is 0 Å². The van der Waals surface area contributed by atoms with E-state index in [4.69, 9.17) is 4.74 Å². The smallest absolute Gasteiger partial charge is 0.222 e. The molecule has 0 unspecified atom stereocenters. The number of hydrogen-bond donors (Lipinski definition) is 3. The molecule has 6 nitrogen and oxygen atoms in total. The van der Waals surface area contributed by atoms with Gasteiger partial charge in [-0.3, -0.25) is 9.69 Å². The van der Waals surface area contributed by atoms with Crippen LogP contribution in [0.15, 0.2) is 30.3 Å². The van der Waals surface area contributed by atoms with Crippen molar-refractivity contribution in [2.24, 2.45) is 5.92 Å². The third kappa shape index (κ3) is 4.47. The molecule has 2 rings (SSSR count). The number of carbonyl (C=O) groups is 1. The predicted molar refractivity (Wildman–Crippen MR) is 91.8 cm³/mol. The van der Waals surface area contributed by atoms with Gasteiger partial charge in [-0.15, -0.1) is 0 Å². The van der Waals surface area contributed by atoms with Crippen LogP contribution in [0.5, 0.6) is 5.75 Å². The molecule has 0 aliphatic heterocycles. The number of benzene rings is 1. The summed E-state index contributed by atoms with van der Waals surface area (Å²) < 4.78 is 5.93. The molecule has 0 bridgehead atoms. The number of aliphatic hydroxyl groups is 2. The largest absolute Gasteiger partial charge is 0.488 e. The van der Waals surface area contributed by atoms with Crippen LogP contribution < -0.4 is 10.1 Å². The van der Waals surface area contributed by atoms with E-state index < -0.39 is 12.2 Å². The number of nitrogens with one attached hydrogen (secondary N) is 1. The van der Waals surface area contributed by atoms with E-state index in [1.807, 2.05) is 56.1 Å². The van der Waals surface area contributed by atoms with Gasteiger partial charge in [0.05, 0.1) is 18.7 Å². The number of likely N-dealkylation sites (N-methyl/N-ethyl adjacent to an activating group) is 1. The summed E-state index contributed by atoms with van der Waals surface area (Å²) in [4.78, 5) is 14.0. The van der Waals surface area contributed by atoms with Crippen LogP contribution >= 0.6 is 0 Å². The zero-order chi connectivity index (χ0) is 17.7.